The standard InChI is InChI=1S/C15H32N2/c1-11(2)14-10-17(13(5)6)9-7-8-15(14)16-12(3)4/h11-16H,7-10H2,1-6H3/t14-,15?/m1/s1. The van der Waals surface area contributed by atoms with Crippen molar-refractivity contribution in [2.45, 2.75) is 72.5 Å². The average molecular weight is 240 g/mol. The minimum atomic E-state index is 0.604. The van der Waals surface area contributed by atoms with E-state index in [1.165, 1.54) is 25.9 Å². The molecule has 1 rings (SSSR count). The third-order valence-corrected chi connectivity index (χ3v) is 4.06. The molecule has 1 fully saturated rings. The molecule has 1 saturated heterocycles. The van der Waals surface area contributed by atoms with Gasteiger partial charge in [0.25, 0.3) is 0 Å². The third-order valence-electron chi connectivity index (χ3n) is 4.06. The number of nitrogens with zero attached hydrogens (tertiary/aromatic N) is 1. The van der Waals surface area contributed by atoms with Crippen LogP contribution >= 0.6 is 0 Å². The van der Waals surface area contributed by atoms with E-state index in [9.17, 15) is 0 Å². The summed E-state index contributed by atoms with van der Waals surface area (Å²) in [4.78, 5) is 2.66. The predicted molar refractivity (Wildman–Crippen MR) is 76.3 cm³/mol. The van der Waals surface area contributed by atoms with Crippen LogP contribution in [0.4, 0.5) is 0 Å². The van der Waals surface area contributed by atoms with E-state index < -0.39 is 0 Å². The highest BCUT2D eigenvalue weighted by Gasteiger charge is 2.30. The molecule has 1 heterocycles. The Labute approximate surface area is 108 Å². The van der Waals surface area contributed by atoms with Gasteiger partial charge in [-0.3, -0.25) is 0 Å². The molecule has 0 aromatic carbocycles. The Balaban J connectivity index is 2.70. The topological polar surface area (TPSA) is 15.3 Å². The monoisotopic (exact) mass is 240 g/mol. The molecule has 0 amide bonds. The first kappa shape index (κ1) is 15.0. The summed E-state index contributed by atoms with van der Waals surface area (Å²) in [5.74, 6) is 1.56. The minimum Gasteiger partial charge on any atom is -0.311 e. The van der Waals surface area contributed by atoms with Crippen molar-refractivity contribution in [2.24, 2.45) is 11.8 Å². The van der Waals surface area contributed by atoms with Gasteiger partial charge < -0.3 is 10.2 Å². The highest BCUT2D eigenvalue weighted by Crippen LogP contribution is 2.25. The fourth-order valence-electron chi connectivity index (χ4n) is 3.00. The molecule has 1 aliphatic rings. The van der Waals surface area contributed by atoms with Gasteiger partial charge in [-0.15, -0.1) is 0 Å². The second kappa shape index (κ2) is 6.75. The van der Waals surface area contributed by atoms with Crippen LogP contribution in [-0.4, -0.2) is 36.1 Å². The zero-order valence-corrected chi connectivity index (χ0v) is 12.7. The van der Waals surface area contributed by atoms with Crippen LogP contribution in [-0.2, 0) is 0 Å². The van der Waals surface area contributed by atoms with Gasteiger partial charge in [-0.05, 0) is 45.1 Å². The minimum absolute atomic E-state index is 0.604. The molecule has 2 nitrogen and oxygen atoms in total. The van der Waals surface area contributed by atoms with Crippen molar-refractivity contribution in [3.63, 3.8) is 0 Å². The van der Waals surface area contributed by atoms with E-state index in [-0.39, 0.29) is 0 Å². The van der Waals surface area contributed by atoms with E-state index in [2.05, 4.69) is 51.8 Å². The van der Waals surface area contributed by atoms with E-state index in [0.29, 0.717) is 18.1 Å². The van der Waals surface area contributed by atoms with Gasteiger partial charge in [0.2, 0.25) is 0 Å². The number of hydrogen-bond donors (Lipinski definition) is 1. The van der Waals surface area contributed by atoms with Crippen LogP contribution in [0.5, 0.6) is 0 Å². The Morgan fingerprint density at radius 3 is 2.18 bits per heavy atom. The Hall–Kier alpha value is -0.0800. The largest absolute Gasteiger partial charge is 0.311 e. The summed E-state index contributed by atoms with van der Waals surface area (Å²) in [5.41, 5.74) is 0. The first-order chi connectivity index (χ1) is 7.91. The van der Waals surface area contributed by atoms with Crippen LogP contribution in [0.2, 0.25) is 0 Å². The second-order valence-electron chi connectivity index (χ2n) is 6.57. The zero-order chi connectivity index (χ0) is 13.0. The van der Waals surface area contributed by atoms with Gasteiger partial charge in [0.15, 0.2) is 0 Å². The van der Waals surface area contributed by atoms with Crippen LogP contribution in [0.25, 0.3) is 0 Å². The molecular formula is C15H32N2. The van der Waals surface area contributed by atoms with Crippen LogP contribution in [0, 0.1) is 11.8 Å². The molecule has 1 unspecified atom stereocenters. The highest BCUT2D eigenvalue weighted by molar-refractivity contribution is 4.86. The summed E-state index contributed by atoms with van der Waals surface area (Å²) in [6.45, 7) is 16.5. The number of rotatable bonds is 4. The van der Waals surface area contributed by atoms with E-state index in [0.717, 1.165) is 11.8 Å². The summed E-state index contributed by atoms with van der Waals surface area (Å²) < 4.78 is 0. The summed E-state index contributed by atoms with van der Waals surface area (Å²) in [5, 5.41) is 3.79. The van der Waals surface area contributed by atoms with Crippen LogP contribution < -0.4 is 5.32 Å². The SMILES string of the molecule is CC(C)NC1CCCN(C(C)C)C[C@@H]1C(C)C. The molecule has 2 atom stereocenters. The molecule has 2 heteroatoms. The Kier molecular flexibility index (Phi) is 5.94. The van der Waals surface area contributed by atoms with Crippen molar-refractivity contribution in [2.75, 3.05) is 13.1 Å². The van der Waals surface area contributed by atoms with Gasteiger partial charge in [-0.2, -0.15) is 0 Å². The van der Waals surface area contributed by atoms with E-state index in [4.69, 9.17) is 0 Å². The summed E-state index contributed by atoms with van der Waals surface area (Å²) in [6, 6.07) is 2.00. The summed E-state index contributed by atoms with van der Waals surface area (Å²) in [6.07, 6.45) is 2.68. The van der Waals surface area contributed by atoms with Gasteiger partial charge in [-0.25, -0.2) is 0 Å². The molecule has 17 heavy (non-hydrogen) atoms. The Morgan fingerprint density at radius 1 is 1.06 bits per heavy atom. The normalized spacial score (nSPS) is 28.1. The van der Waals surface area contributed by atoms with Crippen molar-refractivity contribution in [1.82, 2.24) is 10.2 Å². The fraction of sp³-hybridized carbons (Fsp3) is 1.00. The molecule has 0 aromatic heterocycles. The maximum absolute atomic E-state index is 3.79. The second-order valence-corrected chi connectivity index (χ2v) is 6.57. The average Bonchev–Trinajstić information content (AvgIpc) is 2.39. The lowest BCUT2D eigenvalue weighted by Crippen LogP contribution is -2.45. The lowest BCUT2D eigenvalue weighted by atomic mass is 9.86. The number of nitrogens with one attached hydrogen (secondary N) is 1. The predicted octanol–water partition coefficient (Wildman–Crippen LogP) is 3.13. The maximum atomic E-state index is 3.79. The molecule has 1 N–H and O–H groups in total. The molecule has 0 spiro atoms. The number of hydrogen-bond acceptors (Lipinski definition) is 2. The van der Waals surface area contributed by atoms with E-state index in [1.807, 2.05) is 0 Å². The van der Waals surface area contributed by atoms with E-state index >= 15 is 0 Å². The van der Waals surface area contributed by atoms with Gasteiger partial charge in [-0.1, -0.05) is 27.7 Å². The highest BCUT2D eigenvalue weighted by atomic mass is 15.2. The molecule has 0 saturated carbocycles. The van der Waals surface area contributed by atoms with Gasteiger partial charge in [0.1, 0.15) is 0 Å². The van der Waals surface area contributed by atoms with Crippen molar-refractivity contribution in [1.29, 1.82) is 0 Å². The first-order valence-electron chi connectivity index (χ1n) is 7.42. The van der Waals surface area contributed by atoms with Crippen molar-refractivity contribution in [3.8, 4) is 0 Å². The Morgan fingerprint density at radius 2 is 1.71 bits per heavy atom. The summed E-state index contributed by atoms with van der Waals surface area (Å²) >= 11 is 0. The van der Waals surface area contributed by atoms with Crippen molar-refractivity contribution < 1.29 is 0 Å². The van der Waals surface area contributed by atoms with Crippen LogP contribution in [0.3, 0.4) is 0 Å². The molecule has 0 radical (unpaired) electrons. The number of likely N-dealkylation sites (tertiary alicyclic amines) is 1. The van der Waals surface area contributed by atoms with Crippen LogP contribution in [0.15, 0.2) is 0 Å². The van der Waals surface area contributed by atoms with E-state index in [1.54, 1.807) is 0 Å². The molecule has 1 aliphatic heterocycles. The fourth-order valence-corrected chi connectivity index (χ4v) is 3.00. The Bertz CT molecular complexity index is 211. The van der Waals surface area contributed by atoms with Gasteiger partial charge in [0, 0.05) is 24.7 Å². The molecule has 0 bridgehead atoms. The van der Waals surface area contributed by atoms with Crippen molar-refractivity contribution in [3.05, 3.63) is 0 Å². The van der Waals surface area contributed by atoms with Crippen molar-refractivity contribution >= 4 is 0 Å². The molecule has 0 aromatic rings. The lowest BCUT2D eigenvalue weighted by molar-refractivity contribution is 0.162. The molecular weight excluding hydrogens is 208 g/mol. The molecule has 0 aliphatic carbocycles. The smallest absolute Gasteiger partial charge is 0.0113 e. The molecule has 102 valence electrons. The van der Waals surface area contributed by atoms with Gasteiger partial charge >= 0.3 is 0 Å². The van der Waals surface area contributed by atoms with Gasteiger partial charge in [0.05, 0.1) is 0 Å². The first-order valence-corrected chi connectivity index (χ1v) is 7.42. The van der Waals surface area contributed by atoms with Crippen LogP contribution in [0.1, 0.15) is 54.4 Å². The quantitative estimate of drug-likeness (QED) is 0.812. The lowest BCUT2D eigenvalue weighted by Gasteiger charge is -2.34. The third kappa shape index (κ3) is 4.59. The maximum Gasteiger partial charge on any atom is 0.0113 e. The summed E-state index contributed by atoms with van der Waals surface area (Å²) in [7, 11) is 0. The zero-order valence-electron chi connectivity index (χ0n) is 12.7.